The molecule has 0 saturated carbocycles. The van der Waals surface area contributed by atoms with Crippen molar-refractivity contribution in [1.82, 2.24) is 5.32 Å². The fourth-order valence-electron chi connectivity index (χ4n) is 2.94. The van der Waals surface area contributed by atoms with Gasteiger partial charge in [-0.3, -0.25) is 4.79 Å². The molecule has 1 heterocycles. The van der Waals surface area contributed by atoms with Gasteiger partial charge in [0.25, 0.3) is 0 Å². The third-order valence-electron chi connectivity index (χ3n) is 4.32. The zero-order chi connectivity index (χ0) is 16.6. The summed E-state index contributed by atoms with van der Waals surface area (Å²) < 4.78 is 5.75. The van der Waals surface area contributed by atoms with Gasteiger partial charge in [0.2, 0.25) is 5.91 Å². The van der Waals surface area contributed by atoms with Crippen LogP contribution in [0.1, 0.15) is 24.8 Å². The summed E-state index contributed by atoms with van der Waals surface area (Å²) in [5.74, 6) is 1.40. The number of rotatable bonds is 6. The highest BCUT2D eigenvalue weighted by atomic mass is 35.5. The number of nitrogens with one attached hydrogen (secondary N) is 2. The zero-order valence-electron chi connectivity index (χ0n) is 14.2. The van der Waals surface area contributed by atoms with Gasteiger partial charge in [-0.1, -0.05) is 30.3 Å². The minimum Gasteiger partial charge on any atom is -0.489 e. The van der Waals surface area contributed by atoms with E-state index in [1.165, 1.54) is 0 Å². The first kappa shape index (κ1) is 19.3. The van der Waals surface area contributed by atoms with E-state index in [2.05, 4.69) is 10.6 Å². The number of carbonyl (C=O) groups excluding carboxylic acids is 1. The average molecular weight is 361 g/mol. The summed E-state index contributed by atoms with van der Waals surface area (Å²) >= 11 is 0. The first-order valence-corrected chi connectivity index (χ1v) is 8.57. The van der Waals surface area contributed by atoms with Crippen LogP contribution in [-0.4, -0.2) is 19.0 Å². The van der Waals surface area contributed by atoms with E-state index in [0.29, 0.717) is 18.9 Å². The van der Waals surface area contributed by atoms with Crippen molar-refractivity contribution < 1.29 is 9.53 Å². The monoisotopic (exact) mass is 360 g/mol. The fourth-order valence-corrected chi connectivity index (χ4v) is 2.94. The smallest absolute Gasteiger partial charge is 0.224 e. The summed E-state index contributed by atoms with van der Waals surface area (Å²) in [6.45, 7) is 2.58. The van der Waals surface area contributed by atoms with E-state index < -0.39 is 0 Å². The molecule has 134 valence electrons. The Labute approximate surface area is 155 Å². The van der Waals surface area contributed by atoms with Crippen molar-refractivity contribution in [2.24, 2.45) is 5.92 Å². The van der Waals surface area contributed by atoms with Crippen LogP contribution in [0.5, 0.6) is 5.75 Å². The summed E-state index contributed by atoms with van der Waals surface area (Å²) in [5.41, 5.74) is 1.96. The number of ether oxygens (including phenoxy) is 1. The van der Waals surface area contributed by atoms with Crippen molar-refractivity contribution in [2.75, 3.05) is 18.4 Å². The average Bonchev–Trinajstić information content (AvgIpc) is 2.63. The number of halogens is 1. The molecule has 1 fully saturated rings. The van der Waals surface area contributed by atoms with Crippen molar-refractivity contribution in [2.45, 2.75) is 25.9 Å². The van der Waals surface area contributed by atoms with Crippen molar-refractivity contribution in [3.8, 4) is 5.75 Å². The molecule has 2 N–H and O–H groups in total. The summed E-state index contributed by atoms with van der Waals surface area (Å²) in [7, 11) is 0. The topological polar surface area (TPSA) is 50.4 Å². The van der Waals surface area contributed by atoms with E-state index in [9.17, 15) is 4.79 Å². The van der Waals surface area contributed by atoms with Gasteiger partial charge in [0.05, 0.1) is 0 Å². The molecular formula is C20H25ClN2O2. The predicted molar refractivity (Wildman–Crippen MR) is 103 cm³/mol. The lowest BCUT2D eigenvalue weighted by Gasteiger charge is -2.21. The van der Waals surface area contributed by atoms with Crippen molar-refractivity contribution in [3.63, 3.8) is 0 Å². The Morgan fingerprint density at radius 1 is 1.04 bits per heavy atom. The van der Waals surface area contributed by atoms with Gasteiger partial charge in [0.1, 0.15) is 12.4 Å². The standard InChI is InChI=1S/C20H24N2O2.ClH/c23-20(14-16-10-12-21-13-11-16)22-18-6-8-19(9-7-18)24-15-17-4-2-1-3-5-17;/h1-9,16,21H,10-15H2,(H,22,23);1H. The Morgan fingerprint density at radius 2 is 1.72 bits per heavy atom. The van der Waals surface area contributed by atoms with Crippen LogP contribution >= 0.6 is 12.4 Å². The Kier molecular flexibility index (Phi) is 7.76. The van der Waals surface area contributed by atoms with Crippen LogP contribution in [0.15, 0.2) is 54.6 Å². The first-order valence-electron chi connectivity index (χ1n) is 8.57. The second-order valence-corrected chi connectivity index (χ2v) is 6.24. The highest BCUT2D eigenvalue weighted by molar-refractivity contribution is 5.90. The molecule has 4 nitrogen and oxygen atoms in total. The van der Waals surface area contributed by atoms with Gasteiger partial charge in [-0.2, -0.15) is 0 Å². The molecule has 0 bridgehead atoms. The van der Waals surface area contributed by atoms with Crippen LogP contribution in [0.25, 0.3) is 0 Å². The Hall–Kier alpha value is -2.04. The zero-order valence-corrected chi connectivity index (χ0v) is 15.1. The number of carbonyl (C=O) groups is 1. The Bertz CT molecular complexity index is 641. The van der Waals surface area contributed by atoms with E-state index in [4.69, 9.17) is 4.74 Å². The second-order valence-electron chi connectivity index (χ2n) is 6.24. The molecule has 2 aromatic carbocycles. The lowest BCUT2D eigenvalue weighted by Crippen LogP contribution is -2.30. The molecule has 0 unspecified atom stereocenters. The van der Waals surface area contributed by atoms with Crippen LogP contribution in [0.2, 0.25) is 0 Å². The molecule has 25 heavy (non-hydrogen) atoms. The van der Waals surface area contributed by atoms with E-state index in [1.807, 2.05) is 54.6 Å². The molecule has 0 spiro atoms. The largest absolute Gasteiger partial charge is 0.489 e. The molecule has 1 aliphatic heterocycles. The molecule has 3 rings (SSSR count). The van der Waals surface area contributed by atoms with E-state index in [1.54, 1.807) is 0 Å². The van der Waals surface area contributed by atoms with Crippen LogP contribution in [-0.2, 0) is 11.4 Å². The van der Waals surface area contributed by atoms with Gasteiger partial charge in [-0.15, -0.1) is 12.4 Å². The molecule has 0 radical (unpaired) electrons. The molecule has 0 aromatic heterocycles. The third kappa shape index (κ3) is 6.40. The van der Waals surface area contributed by atoms with Gasteiger partial charge < -0.3 is 15.4 Å². The number of hydrogen-bond acceptors (Lipinski definition) is 3. The number of hydrogen-bond donors (Lipinski definition) is 2. The Balaban J connectivity index is 0.00000225. The first-order chi connectivity index (χ1) is 11.8. The maximum atomic E-state index is 12.1. The molecule has 2 aromatic rings. The quantitative estimate of drug-likeness (QED) is 0.818. The molecular weight excluding hydrogens is 336 g/mol. The SMILES string of the molecule is Cl.O=C(CC1CCNCC1)Nc1ccc(OCc2ccccc2)cc1. The fraction of sp³-hybridized carbons (Fsp3) is 0.350. The van der Waals surface area contributed by atoms with E-state index in [-0.39, 0.29) is 18.3 Å². The van der Waals surface area contributed by atoms with Crippen LogP contribution in [0.3, 0.4) is 0 Å². The number of piperidine rings is 1. The third-order valence-corrected chi connectivity index (χ3v) is 4.32. The van der Waals surface area contributed by atoms with Gasteiger partial charge in [-0.25, -0.2) is 0 Å². The molecule has 1 amide bonds. The van der Waals surface area contributed by atoms with Crippen LogP contribution in [0.4, 0.5) is 5.69 Å². The molecule has 1 saturated heterocycles. The van der Waals surface area contributed by atoms with E-state index in [0.717, 1.165) is 42.9 Å². The second kappa shape index (κ2) is 10.1. The summed E-state index contributed by atoms with van der Waals surface area (Å²) in [6, 6.07) is 17.6. The van der Waals surface area contributed by atoms with Gasteiger partial charge in [-0.05, 0) is 61.7 Å². The minimum absolute atomic E-state index is 0. The predicted octanol–water partition coefficient (Wildman–Crippen LogP) is 4.02. The summed E-state index contributed by atoms with van der Waals surface area (Å²) in [5, 5.41) is 6.30. The maximum absolute atomic E-state index is 12.1. The number of amides is 1. The minimum atomic E-state index is 0. The molecule has 5 heteroatoms. The molecule has 0 atom stereocenters. The Morgan fingerprint density at radius 3 is 2.40 bits per heavy atom. The molecule has 1 aliphatic rings. The number of benzene rings is 2. The lowest BCUT2D eigenvalue weighted by molar-refractivity contribution is -0.117. The van der Waals surface area contributed by atoms with Gasteiger partial charge in [0, 0.05) is 12.1 Å². The van der Waals surface area contributed by atoms with Crippen LogP contribution in [0, 0.1) is 5.92 Å². The summed E-state index contributed by atoms with van der Waals surface area (Å²) in [4.78, 5) is 12.1. The molecule has 0 aliphatic carbocycles. The van der Waals surface area contributed by atoms with Crippen molar-refractivity contribution in [3.05, 3.63) is 60.2 Å². The lowest BCUT2D eigenvalue weighted by atomic mass is 9.94. The highest BCUT2D eigenvalue weighted by Gasteiger charge is 2.16. The maximum Gasteiger partial charge on any atom is 0.224 e. The van der Waals surface area contributed by atoms with Crippen molar-refractivity contribution >= 4 is 24.0 Å². The van der Waals surface area contributed by atoms with Crippen LogP contribution < -0.4 is 15.4 Å². The summed E-state index contributed by atoms with van der Waals surface area (Å²) in [6.07, 6.45) is 2.77. The van der Waals surface area contributed by atoms with Gasteiger partial charge in [0.15, 0.2) is 0 Å². The highest BCUT2D eigenvalue weighted by Crippen LogP contribution is 2.19. The van der Waals surface area contributed by atoms with Crippen molar-refractivity contribution in [1.29, 1.82) is 0 Å². The van der Waals surface area contributed by atoms with Gasteiger partial charge >= 0.3 is 0 Å². The number of anilines is 1. The van der Waals surface area contributed by atoms with E-state index >= 15 is 0 Å². The normalized spacial score (nSPS) is 14.4.